The first-order valence-electron chi connectivity index (χ1n) is 6.51. The molecule has 0 fully saturated rings. The van der Waals surface area contributed by atoms with Gasteiger partial charge in [-0.05, 0) is 38.6 Å². The minimum atomic E-state index is 0.0860. The van der Waals surface area contributed by atoms with Crippen LogP contribution in [0.2, 0.25) is 0 Å². The number of hydrogen-bond acceptors (Lipinski definition) is 2. The third-order valence-electron chi connectivity index (χ3n) is 3.13. The highest BCUT2D eigenvalue weighted by molar-refractivity contribution is 5.78. The Bertz CT molecular complexity index is 194. The van der Waals surface area contributed by atoms with Gasteiger partial charge >= 0.3 is 0 Å². The smallest absolute Gasteiger partial charge is 0.223 e. The number of rotatable bonds is 8. The van der Waals surface area contributed by atoms with E-state index in [1.54, 1.807) is 0 Å². The van der Waals surface area contributed by atoms with Gasteiger partial charge in [0, 0.05) is 12.0 Å². The zero-order valence-corrected chi connectivity index (χ0v) is 11.3. The summed E-state index contributed by atoms with van der Waals surface area (Å²) in [6.45, 7) is 9.13. The second-order valence-electron chi connectivity index (χ2n) is 4.99. The number of carbonyl (C=O) groups is 1. The lowest BCUT2D eigenvalue weighted by atomic mass is 9.99. The third kappa shape index (κ3) is 6.83. The van der Waals surface area contributed by atoms with Gasteiger partial charge in [-0.2, -0.15) is 0 Å². The molecule has 0 radical (unpaired) electrons. The first-order valence-corrected chi connectivity index (χ1v) is 6.51. The van der Waals surface area contributed by atoms with E-state index in [-0.39, 0.29) is 17.9 Å². The van der Waals surface area contributed by atoms with Crippen LogP contribution in [0.1, 0.15) is 53.4 Å². The van der Waals surface area contributed by atoms with Crippen LogP contribution in [-0.4, -0.2) is 18.5 Å². The molecule has 0 heterocycles. The van der Waals surface area contributed by atoms with Gasteiger partial charge in [0.25, 0.3) is 0 Å². The lowest BCUT2D eigenvalue weighted by Gasteiger charge is -2.20. The van der Waals surface area contributed by atoms with Crippen molar-refractivity contribution in [1.82, 2.24) is 5.32 Å². The molecule has 0 saturated heterocycles. The van der Waals surface area contributed by atoms with E-state index in [4.69, 9.17) is 5.73 Å². The summed E-state index contributed by atoms with van der Waals surface area (Å²) in [4.78, 5) is 11.8. The minimum Gasteiger partial charge on any atom is -0.353 e. The van der Waals surface area contributed by atoms with Crippen molar-refractivity contribution in [3.05, 3.63) is 0 Å². The van der Waals surface area contributed by atoms with Crippen LogP contribution in [0.15, 0.2) is 0 Å². The molecule has 3 unspecified atom stereocenters. The zero-order valence-electron chi connectivity index (χ0n) is 11.3. The van der Waals surface area contributed by atoms with Gasteiger partial charge in [0.05, 0.1) is 0 Å². The van der Waals surface area contributed by atoms with E-state index >= 15 is 0 Å². The fraction of sp³-hybridized carbons (Fsp3) is 0.923. The minimum absolute atomic E-state index is 0.0860. The summed E-state index contributed by atoms with van der Waals surface area (Å²) in [6.07, 6.45) is 4.04. The molecule has 0 bridgehead atoms. The third-order valence-corrected chi connectivity index (χ3v) is 3.13. The van der Waals surface area contributed by atoms with Gasteiger partial charge < -0.3 is 11.1 Å². The number of nitrogens with two attached hydrogens (primary N) is 1. The van der Waals surface area contributed by atoms with Gasteiger partial charge in [-0.3, -0.25) is 4.79 Å². The number of nitrogens with one attached hydrogen (secondary N) is 1. The van der Waals surface area contributed by atoms with Crippen molar-refractivity contribution in [3.63, 3.8) is 0 Å². The van der Waals surface area contributed by atoms with Crippen LogP contribution in [0.3, 0.4) is 0 Å². The SMILES string of the molecule is CCC(C)CC(C)NC(=O)C(C)CCCN. The van der Waals surface area contributed by atoms with Crippen LogP contribution in [-0.2, 0) is 4.79 Å². The van der Waals surface area contributed by atoms with E-state index in [0.29, 0.717) is 12.5 Å². The second kappa shape index (κ2) is 8.57. The van der Waals surface area contributed by atoms with Gasteiger partial charge in [0.15, 0.2) is 0 Å². The van der Waals surface area contributed by atoms with Crippen molar-refractivity contribution in [2.75, 3.05) is 6.54 Å². The standard InChI is InChI=1S/C13H28N2O/c1-5-10(2)9-12(4)15-13(16)11(3)7-6-8-14/h10-12H,5-9,14H2,1-4H3,(H,15,16). The van der Waals surface area contributed by atoms with Gasteiger partial charge in [-0.1, -0.05) is 27.2 Å². The molecule has 16 heavy (non-hydrogen) atoms. The van der Waals surface area contributed by atoms with E-state index in [9.17, 15) is 4.79 Å². The Morgan fingerprint density at radius 3 is 2.44 bits per heavy atom. The van der Waals surface area contributed by atoms with Crippen molar-refractivity contribution in [3.8, 4) is 0 Å². The normalized spacial score (nSPS) is 16.6. The number of amides is 1. The lowest BCUT2D eigenvalue weighted by Crippen LogP contribution is -2.37. The summed E-state index contributed by atoms with van der Waals surface area (Å²) < 4.78 is 0. The Balaban J connectivity index is 3.84. The summed E-state index contributed by atoms with van der Waals surface area (Å²) in [5.74, 6) is 0.932. The summed E-state index contributed by atoms with van der Waals surface area (Å²) in [6, 6.07) is 0.280. The molecule has 0 aromatic carbocycles. The fourth-order valence-electron chi connectivity index (χ4n) is 1.77. The maximum Gasteiger partial charge on any atom is 0.223 e. The van der Waals surface area contributed by atoms with E-state index in [0.717, 1.165) is 19.3 Å². The van der Waals surface area contributed by atoms with E-state index in [1.165, 1.54) is 6.42 Å². The predicted octanol–water partition coefficient (Wildman–Crippen LogP) is 2.30. The van der Waals surface area contributed by atoms with Crippen molar-refractivity contribution in [2.45, 2.75) is 59.4 Å². The molecule has 3 N–H and O–H groups in total. The molecule has 0 aromatic rings. The molecule has 0 aliphatic carbocycles. The molecule has 3 heteroatoms. The number of carbonyl (C=O) groups excluding carboxylic acids is 1. The van der Waals surface area contributed by atoms with E-state index in [1.807, 2.05) is 6.92 Å². The lowest BCUT2D eigenvalue weighted by molar-refractivity contribution is -0.125. The fourth-order valence-corrected chi connectivity index (χ4v) is 1.77. The van der Waals surface area contributed by atoms with Crippen molar-refractivity contribution >= 4 is 5.91 Å². The molecule has 0 aliphatic heterocycles. The Morgan fingerprint density at radius 2 is 1.94 bits per heavy atom. The van der Waals surface area contributed by atoms with Crippen molar-refractivity contribution < 1.29 is 4.79 Å². The average Bonchev–Trinajstić information content (AvgIpc) is 2.25. The molecule has 96 valence electrons. The topological polar surface area (TPSA) is 55.1 Å². The molecule has 1 amide bonds. The molecule has 3 atom stereocenters. The van der Waals surface area contributed by atoms with Crippen LogP contribution < -0.4 is 11.1 Å². The average molecular weight is 228 g/mol. The molecule has 0 aromatic heterocycles. The Morgan fingerprint density at radius 1 is 1.31 bits per heavy atom. The highest BCUT2D eigenvalue weighted by atomic mass is 16.1. The van der Waals surface area contributed by atoms with Crippen molar-refractivity contribution in [2.24, 2.45) is 17.6 Å². The number of hydrogen-bond donors (Lipinski definition) is 2. The maximum atomic E-state index is 11.8. The summed E-state index contributed by atoms with van der Waals surface area (Å²) >= 11 is 0. The maximum absolute atomic E-state index is 11.8. The molecule has 0 rings (SSSR count). The highest BCUT2D eigenvalue weighted by Crippen LogP contribution is 2.11. The first kappa shape index (κ1) is 15.4. The molecule has 0 aliphatic rings. The molecular formula is C13H28N2O. The van der Waals surface area contributed by atoms with Crippen molar-refractivity contribution in [1.29, 1.82) is 0 Å². The van der Waals surface area contributed by atoms with Crippen LogP contribution in [0.25, 0.3) is 0 Å². The van der Waals surface area contributed by atoms with Gasteiger partial charge in [-0.15, -0.1) is 0 Å². The zero-order chi connectivity index (χ0) is 12.6. The van der Waals surface area contributed by atoms with Gasteiger partial charge in [-0.25, -0.2) is 0 Å². The Hall–Kier alpha value is -0.570. The Labute approximate surface area is 100 Å². The predicted molar refractivity (Wildman–Crippen MR) is 69.1 cm³/mol. The Kier molecular flexibility index (Phi) is 8.26. The van der Waals surface area contributed by atoms with Crippen LogP contribution in [0.5, 0.6) is 0 Å². The largest absolute Gasteiger partial charge is 0.353 e. The summed E-state index contributed by atoms with van der Waals surface area (Å²) in [5, 5.41) is 3.07. The second-order valence-corrected chi connectivity index (χ2v) is 4.99. The van der Waals surface area contributed by atoms with E-state index < -0.39 is 0 Å². The van der Waals surface area contributed by atoms with E-state index in [2.05, 4.69) is 26.1 Å². The summed E-state index contributed by atoms with van der Waals surface area (Å²) in [7, 11) is 0. The molecular weight excluding hydrogens is 200 g/mol. The van der Waals surface area contributed by atoms with Crippen LogP contribution in [0.4, 0.5) is 0 Å². The van der Waals surface area contributed by atoms with Crippen LogP contribution in [0, 0.1) is 11.8 Å². The first-order chi connectivity index (χ1) is 7.51. The quantitative estimate of drug-likeness (QED) is 0.670. The monoisotopic (exact) mass is 228 g/mol. The van der Waals surface area contributed by atoms with Gasteiger partial charge in [0.2, 0.25) is 5.91 Å². The molecule has 0 spiro atoms. The van der Waals surface area contributed by atoms with Gasteiger partial charge in [0.1, 0.15) is 0 Å². The van der Waals surface area contributed by atoms with Crippen LogP contribution >= 0.6 is 0 Å². The highest BCUT2D eigenvalue weighted by Gasteiger charge is 2.15. The molecule has 3 nitrogen and oxygen atoms in total. The molecule has 0 saturated carbocycles. The summed E-state index contributed by atoms with van der Waals surface area (Å²) in [5.41, 5.74) is 5.43.